The van der Waals surface area contributed by atoms with Crippen molar-refractivity contribution in [1.82, 2.24) is 4.90 Å². The number of benzene rings is 2. The lowest BCUT2D eigenvalue weighted by molar-refractivity contribution is -0.121. The molecule has 2 aromatic carbocycles. The summed E-state index contributed by atoms with van der Waals surface area (Å²) in [5, 5.41) is 0.495. The Morgan fingerprint density at radius 1 is 1.23 bits per heavy atom. The van der Waals surface area contributed by atoms with Crippen LogP contribution in [0.15, 0.2) is 65.0 Å². The van der Waals surface area contributed by atoms with Gasteiger partial charge in [-0.1, -0.05) is 30.9 Å². The van der Waals surface area contributed by atoms with E-state index in [0.717, 1.165) is 0 Å². The minimum Gasteiger partial charge on any atom is -0.493 e. The maximum atomic E-state index is 12.8. The van der Waals surface area contributed by atoms with Crippen molar-refractivity contribution >= 4 is 40.6 Å². The van der Waals surface area contributed by atoms with Crippen molar-refractivity contribution in [3.63, 3.8) is 0 Å². The van der Waals surface area contributed by atoms with E-state index in [1.807, 2.05) is 12.1 Å². The van der Waals surface area contributed by atoms with Crippen LogP contribution in [0.2, 0.25) is 0 Å². The van der Waals surface area contributed by atoms with Gasteiger partial charge in [0.1, 0.15) is 6.61 Å². The summed E-state index contributed by atoms with van der Waals surface area (Å²) in [7, 11) is 4.53. The number of carbonyl (C=O) groups excluding carboxylic acids is 2. The minimum absolute atomic E-state index is 0.189. The van der Waals surface area contributed by atoms with E-state index in [-0.39, 0.29) is 5.91 Å². The molecule has 1 aliphatic rings. The molecule has 1 saturated heterocycles. The van der Waals surface area contributed by atoms with Crippen molar-refractivity contribution in [2.75, 3.05) is 27.9 Å². The summed E-state index contributed by atoms with van der Waals surface area (Å²) < 4.78 is 15.9. The average molecular weight is 439 g/mol. The minimum atomic E-state index is -0.448. The number of rotatable bonds is 7. The number of thioether (sulfide) groups is 1. The Morgan fingerprint density at radius 2 is 2.00 bits per heavy atom. The number of hydrogen-bond acceptors (Lipinski definition) is 7. The lowest BCUT2D eigenvalue weighted by atomic mass is 10.1. The Bertz CT molecular complexity index is 1080. The summed E-state index contributed by atoms with van der Waals surface area (Å²) in [5.74, 6) is 0.458. The van der Waals surface area contributed by atoms with Crippen LogP contribution in [0.4, 0.5) is 5.69 Å². The van der Waals surface area contributed by atoms with Gasteiger partial charge in [0.2, 0.25) is 0 Å². The zero-order valence-electron chi connectivity index (χ0n) is 17.5. The van der Waals surface area contributed by atoms with Crippen LogP contribution in [0.5, 0.6) is 11.5 Å². The van der Waals surface area contributed by atoms with Crippen LogP contribution in [0.1, 0.15) is 15.9 Å². The van der Waals surface area contributed by atoms with Crippen LogP contribution in [0.25, 0.3) is 6.08 Å². The summed E-state index contributed by atoms with van der Waals surface area (Å²) >= 11 is 1.24. The number of methoxy groups -OCH3 is 2. The third-order valence-corrected chi connectivity index (χ3v) is 5.42. The molecular weight excluding hydrogens is 416 g/mol. The molecule has 0 radical (unpaired) electrons. The first kappa shape index (κ1) is 22.2. The fraction of sp³-hybridized carbons (Fsp3) is 0.174. The van der Waals surface area contributed by atoms with Crippen LogP contribution in [0.3, 0.4) is 0 Å². The Kier molecular flexibility index (Phi) is 7.15. The molecule has 0 saturated carbocycles. The third kappa shape index (κ3) is 4.97. The summed E-state index contributed by atoms with van der Waals surface area (Å²) in [6, 6.07) is 12.2. The maximum absolute atomic E-state index is 12.8. The van der Waals surface area contributed by atoms with E-state index in [1.165, 1.54) is 23.8 Å². The van der Waals surface area contributed by atoms with Gasteiger partial charge in [-0.05, 0) is 42.1 Å². The standard InChI is InChI=1S/C23H22N2O5S/c1-5-12-30-20-15(8-7-11-18(20)28-3)14-19-21(26)25(2)23(31-19)24-17-10-6-9-16(13-17)22(27)29-4/h5-11,13-14H,1,12H2,2-4H3. The molecule has 0 atom stereocenters. The van der Waals surface area contributed by atoms with Gasteiger partial charge in [-0.2, -0.15) is 0 Å². The second-order valence-corrected chi connectivity index (χ2v) is 7.40. The van der Waals surface area contributed by atoms with Gasteiger partial charge < -0.3 is 14.2 Å². The van der Waals surface area contributed by atoms with Crippen LogP contribution < -0.4 is 9.47 Å². The molecule has 0 spiro atoms. The lowest BCUT2D eigenvalue weighted by Gasteiger charge is -2.12. The number of aliphatic imine (C=N–C) groups is 1. The molecular formula is C23H22N2O5S. The van der Waals surface area contributed by atoms with Gasteiger partial charge in [0.25, 0.3) is 5.91 Å². The highest BCUT2D eigenvalue weighted by molar-refractivity contribution is 8.18. The molecule has 7 nitrogen and oxygen atoms in total. The molecule has 1 aliphatic heterocycles. The molecule has 0 aromatic heterocycles. The SMILES string of the molecule is C=CCOc1c(C=C2SC(=Nc3cccc(C(=O)OC)c3)N(C)C2=O)cccc1OC. The summed E-state index contributed by atoms with van der Waals surface area (Å²) in [6.07, 6.45) is 3.39. The molecule has 0 N–H and O–H groups in total. The molecule has 1 heterocycles. The van der Waals surface area contributed by atoms with E-state index in [0.29, 0.717) is 45.0 Å². The number of hydrogen-bond donors (Lipinski definition) is 0. The second-order valence-electron chi connectivity index (χ2n) is 6.39. The van der Waals surface area contributed by atoms with Gasteiger partial charge in [-0.15, -0.1) is 0 Å². The zero-order valence-corrected chi connectivity index (χ0v) is 18.3. The van der Waals surface area contributed by atoms with Crippen LogP contribution in [0, 0.1) is 0 Å². The number of nitrogens with zero attached hydrogens (tertiary/aromatic N) is 2. The molecule has 8 heteroatoms. The van der Waals surface area contributed by atoms with Crippen molar-refractivity contribution < 1.29 is 23.8 Å². The Morgan fingerprint density at radius 3 is 2.71 bits per heavy atom. The molecule has 31 heavy (non-hydrogen) atoms. The number of carbonyl (C=O) groups is 2. The zero-order chi connectivity index (χ0) is 22.4. The Hall–Kier alpha value is -3.52. The van der Waals surface area contributed by atoms with Gasteiger partial charge in [0.05, 0.1) is 30.4 Å². The lowest BCUT2D eigenvalue weighted by Crippen LogP contribution is -2.23. The number of amidine groups is 1. The topological polar surface area (TPSA) is 77.4 Å². The fourth-order valence-electron chi connectivity index (χ4n) is 2.83. The summed E-state index contributed by atoms with van der Waals surface area (Å²) in [5.41, 5.74) is 1.64. The summed E-state index contributed by atoms with van der Waals surface area (Å²) in [4.78, 5) is 31.0. The molecule has 160 valence electrons. The highest BCUT2D eigenvalue weighted by Gasteiger charge is 2.31. The molecule has 1 amide bonds. The Balaban J connectivity index is 1.94. The van der Waals surface area contributed by atoms with Gasteiger partial charge in [0.15, 0.2) is 16.7 Å². The van der Waals surface area contributed by atoms with Crippen LogP contribution in [-0.2, 0) is 9.53 Å². The van der Waals surface area contributed by atoms with E-state index in [4.69, 9.17) is 14.2 Å². The molecule has 0 aliphatic carbocycles. The highest BCUT2D eigenvalue weighted by Crippen LogP contribution is 2.37. The van der Waals surface area contributed by atoms with E-state index >= 15 is 0 Å². The van der Waals surface area contributed by atoms with Crippen molar-refractivity contribution in [2.45, 2.75) is 0 Å². The number of ether oxygens (including phenoxy) is 3. The maximum Gasteiger partial charge on any atom is 0.337 e. The van der Waals surface area contributed by atoms with Gasteiger partial charge >= 0.3 is 5.97 Å². The normalized spacial score (nSPS) is 16.0. The van der Waals surface area contributed by atoms with E-state index in [9.17, 15) is 9.59 Å². The number of likely N-dealkylation sites (N-methyl/N-ethyl adjacent to an activating group) is 1. The van der Waals surface area contributed by atoms with Gasteiger partial charge in [-0.3, -0.25) is 9.69 Å². The average Bonchev–Trinajstić information content (AvgIpc) is 3.05. The van der Waals surface area contributed by atoms with Gasteiger partial charge in [0, 0.05) is 12.6 Å². The van der Waals surface area contributed by atoms with Crippen molar-refractivity contribution in [1.29, 1.82) is 0 Å². The molecule has 1 fully saturated rings. The quantitative estimate of drug-likeness (QED) is 0.365. The van der Waals surface area contributed by atoms with Crippen LogP contribution in [-0.4, -0.2) is 49.8 Å². The first-order valence-electron chi connectivity index (χ1n) is 9.33. The van der Waals surface area contributed by atoms with E-state index in [1.54, 1.807) is 56.6 Å². The van der Waals surface area contributed by atoms with Crippen molar-refractivity contribution in [3.05, 3.63) is 71.2 Å². The third-order valence-electron chi connectivity index (χ3n) is 4.36. The van der Waals surface area contributed by atoms with Crippen molar-refractivity contribution in [2.24, 2.45) is 4.99 Å². The molecule has 0 bridgehead atoms. The fourth-order valence-corrected chi connectivity index (χ4v) is 3.81. The smallest absolute Gasteiger partial charge is 0.337 e. The molecule has 0 unspecified atom stereocenters. The van der Waals surface area contributed by atoms with E-state index < -0.39 is 5.97 Å². The second kappa shape index (κ2) is 9.99. The summed E-state index contributed by atoms with van der Waals surface area (Å²) in [6.45, 7) is 3.97. The predicted molar refractivity (Wildman–Crippen MR) is 122 cm³/mol. The highest BCUT2D eigenvalue weighted by atomic mass is 32.2. The monoisotopic (exact) mass is 438 g/mol. The largest absolute Gasteiger partial charge is 0.493 e. The molecule has 3 rings (SSSR count). The number of esters is 1. The molecule has 2 aromatic rings. The predicted octanol–water partition coefficient (Wildman–Crippen LogP) is 4.28. The first-order chi connectivity index (χ1) is 15.0. The Labute approximate surface area is 185 Å². The van der Waals surface area contributed by atoms with E-state index in [2.05, 4.69) is 11.6 Å². The number of amides is 1. The first-order valence-corrected chi connectivity index (χ1v) is 10.2. The van der Waals surface area contributed by atoms with Crippen molar-refractivity contribution in [3.8, 4) is 11.5 Å². The number of para-hydroxylation sites is 1. The van der Waals surface area contributed by atoms with Gasteiger partial charge in [-0.25, -0.2) is 9.79 Å². The van der Waals surface area contributed by atoms with Crippen LogP contribution >= 0.6 is 11.8 Å².